The van der Waals surface area contributed by atoms with Gasteiger partial charge in [0.2, 0.25) is 17.5 Å². The number of cyclic esters (lactones) is 1. The number of carbonyl (C=O) groups excluding carboxylic acids is 3. The van der Waals surface area contributed by atoms with Crippen LogP contribution in [0.2, 0.25) is 0 Å². The smallest absolute Gasteiger partial charge is 0.354 e. The number of halogens is 2. The van der Waals surface area contributed by atoms with E-state index in [9.17, 15) is 23.2 Å². The molecule has 0 bridgehead atoms. The fourth-order valence-electron chi connectivity index (χ4n) is 3.59. The maximum absolute atomic E-state index is 14.6. The van der Waals surface area contributed by atoms with E-state index < -0.39 is 53.0 Å². The van der Waals surface area contributed by atoms with E-state index in [1.54, 1.807) is 30.3 Å². The second-order valence-electron chi connectivity index (χ2n) is 6.54. The number of ether oxygens (including phenoxy) is 1. The van der Waals surface area contributed by atoms with Crippen LogP contribution in [-0.2, 0) is 24.8 Å². The standard InChI is InChI=1S/C20H14F2N2O4/c1-11-19(27)28-20(23-11,17-14(21)8-5-9-15(17)22)13-10-16(25)24(18(13)26)12-6-3-2-4-7-12/h2-9,13H,10H2,1H3/t13-,20+/m0/s1. The van der Waals surface area contributed by atoms with Crippen molar-refractivity contribution in [3.05, 3.63) is 65.7 Å². The van der Waals surface area contributed by atoms with Gasteiger partial charge in [0.05, 0.1) is 11.3 Å². The molecule has 0 aliphatic carbocycles. The molecule has 6 nitrogen and oxygen atoms in total. The average Bonchev–Trinajstić information content (AvgIpc) is 3.12. The molecule has 0 spiro atoms. The van der Waals surface area contributed by atoms with Gasteiger partial charge in [-0.1, -0.05) is 24.3 Å². The number of aliphatic imine (C=N–C) groups is 1. The number of benzene rings is 2. The second kappa shape index (κ2) is 6.33. The Morgan fingerprint density at radius 3 is 2.25 bits per heavy atom. The molecular formula is C20H14F2N2O4. The van der Waals surface area contributed by atoms with Crippen molar-refractivity contribution in [3.8, 4) is 0 Å². The highest BCUT2D eigenvalue weighted by atomic mass is 19.1. The maximum atomic E-state index is 14.6. The van der Waals surface area contributed by atoms with E-state index in [-0.39, 0.29) is 5.71 Å². The van der Waals surface area contributed by atoms with E-state index in [1.807, 2.05) is 0 Å². The van der Waals surface area contributed by atoms with Crippen LogP contribution in [0.15, 0.2) is 53.5 Å². The van der Waals surface area contributed by atoms with Crippen LogP contribution in [0.5, 0.6) is 0 Å². The first-order valence-corrected chi connectivity index (χ1v) is 8.51. The molecule has 4 rings (SSSR count). The van der Waals surface area contributed by atoms with E-state index in [1.165, 1.54) is 6.92 Å². The summed E-state index contributed by atoms with van der Waals surface area (Å²) in [5.41, 5.74) is -2.76. The minimum absolute atomic E-state index is 0.138. The summed E-state index contributed by atoms with van der Waals surface area (Å²) in [5.74, 6) is -5.67. The van der Waals surface area contributed by atoms with Gasteiger partial charge in [0.25, 0.3) is 0 Å². The summed E-state index contributed by atoms with van der Waals surface area (Å²) >= 11 is 0. The van der Waals surface area contributed by atoms with Gasteiger partial charge < -0.3 is 4.74 Å². The first-order chi connectivity index (χ1) is 13.3. The van der Waals surface area contributed by atoms with Crippen LogP contribution in [0.25, 0.3) is 0 Å². The van der Waals surface area contributed by atoms with Crippen LogP contribution < -0.4 is 4.90 Å². The normalized spacial score (nSPS) is 24.5. The minimum Gasteiger partial charge on any atom is -0.427 e. The predicted molar refractivity (Wildman–Crippen MR) is 94.3 cm³/mol. The van der Waals surface area contributed by atoms with Gasteiger partial charge in [0.1, 0.15) is 23.3 Å². The van der Waals surface area contributed by atoms with Crippen molar-refractivity contribution < 1.29 is 27.9 Å². The third-order valence-electron chi connectivity index (χ3n) is 4.83. The van der Waals surface area contributed by atoms with E-state index in [0.29, 0.717) is 5.69 Å². The van der Waals surface area contributed by atoms with Crippen molar-refractivity contribution in [3.63, 3.8) is 0 Å². The van der Waals surface area contributed by atoms with E-state index >= 15 is 0 Å². The number of hydrogen-bond acceptors (Lipinski definition) is 5. The van der Waals surface area contributed by atoms with Crippen LogP contribution in [0.4, 0.5) is 14.5 Å². The van der Waals surface area contributed by atoms with Crippen LogP contribution in [0, 0.1) is 17.6 Å². The van der Waals surface area contributed by atoms with E-state index in [4.69, 9.17) is 4.74 Å². The summed E-state index contributed by atoms with van der Waals surface area (Å²) in [7, 11) is 0. The summed E-state index contributed by atoms with van der Waals surface area (Å²) in [6.07, 6.45) is -0.411. The third kappa shape index (κ3) is 2.52. The molecule has 1 fully saturated rings. The number of anilines is 1. The van der Waals surface area contributed by atoms with Gasteiger partial charge in [-0.3, -0.25) is 14.5 Å². The zero-order valence-electron chi connectivity index (χ0n) is 14.7. The van der Waals surface area contributed by atoms with Gasteiger partial charge >= 0.3 is 5.97 Å². The van der Waals surface area contributed by atoms with Gasteiger partial charge in [-0.2, -0.15) is 0 Å². The van der Waals surface area contributed by atoms with Crippen LogP contribution >= 0.6 is 0 Å². The number of nitrogens with zero attached hydrogens (tertiary/aromatic N) is 2. The van der Waals surface area contributed by atoms with Gasteiger partial charge in [0, 0.05) is 6.42 Å². The minimum atomic E-state index is -2.27. The highest BCUT2D eigenvalue weighted by molar-refractivity contribution is 6.37. The summed E-state index contributed by atoms with van der Waals surface area (Å²) < 4.78 is 34.5. The Labute approximate surface area is 158 Å². The molecule has 2 aromatic carbocycles. The Bertz CT molecular complexity index is 1020. The lowest BCUT2D eigenvalue weighted by Gasteiger charge is -2.30. The highest BCUT2D eigenvalue weighted by Gasteiger charge is 2.59. The SMILES string of the molecule is CC1=N[C@](c2c(F)cccc2F)([C@H]2CC(=O)N(c3ccccc3)C2=O)OC1=O. The molecule has 142 valence electrons. The molecule has 0 N–H and O–H groups in total. The monoisotopic (exact) mass is 384 g/mol. The third-order valence-corrected chi connectivity index (χ3v) is 4.83. The molecular weight excluding hydrogens is 370 g/mol. The number of imide groups is 1. The summed E-state index contributed by atoms with van der Waals surface area (Å²) in [5, 5.41) is 0. The molecule has 2 amide bonds. The molecule has 0 saturated carbocycles. The molecule has 2 aliphatic rings. The molecule has 0 unspecified atom stereocenters. The van der Waals surface area contributed by atoms with Crippen molar-refractivity contribution >= 4 is 29.2 Å². The van der Waals surface area contributed by atoms with E-state index in [0.717, 1.165) is 23.1 Å². The Hall–Kier alpha value is -3.42. The Kier molecular flexibility index (Phi) is 4.06. The second-order valence-corrected chi connectivity index (χ2v) is 6.54. The van der Waals surface area contributed by atoms with Crippen LogP contribution in [0.3, 0.4) is 0 Å². The zero-order valence-corrected chi connectivity index (χ0v) is 14.7. The van der Waals surface area contributed by atoms with Gasteiger partial charge in [0.15, 0.2) is 0 Å². The number of rotatable bonds is 3. The van der Waals surface area contributed by atoms with E-state index in [2.05, 4.69) is 4.99 Å². The topological polar surface area (TPSA) is 76.0 Å². The molecule has 0 aromatic heterocycles. The fraction of sp³-hybridized carbons (Fsp3) is 0.200. The molecule has 2 heterocycles. The molecule has 0 radical (unpaired) electrons. The number of carbonyl (C=O) groups is 3. The fourth-order valence-corrected chi connectivity index (χ4v) is 3.59. The predicted octanol–water partition coefficient (Wildman–Crippen LogP) is 2.71. The van der Waals surface area contributed by atoms with Crippen LogP contribution in [-0.4, -0.2) is 23.5 Å². The molecule has 28 heavy (non-hydrogen) atoms. The highest BCUT2D eigenvalue weighted by Crippen LogP contribution is 2.47. The van der Waals surface area contributed by atoms with Crippen molar-refractivity contribution in [2.75, 3.05) is 4.90 Å². The largest absolute Gasteiger partial charge is 0.427 e. The average molecular weight is 384 g/mol. The first-order valence-electron chi connectivity index (χ1n) is 8.51. The lowest BCUT2D eigenvalue weighted by atomic mass is 9.87. The van der Waals surface area contributed by atoms with Gasteiger partial charge in [-0.25, -0.2) is 18.6 Å². The quantitative estimate of drug-likeness (QED) is 0.602. The number of esters is 1. The summed E-state index contributed by atoms with van der Waals surface area (Å²) in [4.78, 5) is 42.8. The Morgan fingerprint density at radius 1 is 1.04 bits per heavy atom. The molecule has 2 aliphatic heterocycles. The van der Waals surface area contributed by atoms with Crippen molar-refractivity contribution in [2.45, 2.75) is 19.1 Å². The van der Waals surface area contributed by atoms with Crippen molar-refractivity contribution in [1.29, 1.82) is 0 Å². The lowest BCUT2D eigenvalue weighted by Crippen LogP contribution is -2.42. The molecule has 1 saturated heterocycles. The maximum Gasteiger partial charge on any atom is 0.354 e. The Morgan fingerprint density at radius 2 is 1.68 bits per heavy atom. The zero-order chi connectivity index (χ0) is 20.1. The van der Waals surface area contributed by atoms with Crippen molar-refractivity contribution in [1.82, 2.24) is 0 Å². The lowest BCUT2D eigenvalue weighted by molar-refractivity contribution is -0.156. The summed E-state index contributed by atoms with van der Waals surface area (Å²) in [6.45, 7) is 1.32. The molecule has 2 atom stereocenters. The number of hydrogen-bond donors (Lipinski definition) is 0. The van der Waals surface area contributed by atoms with Gasteiger partial charge in [-0.15, -0.1) is 0 Å². The summed E-state index contributed by atoms with van der Waals surface area (Å²) in [6, 6.07) is 11.2. The number of amides is 2. The van der Waals surface area contributed by atoms with Crippen LogP contribution in [0.1, 0.15) is 18.9 Å². The van der Waals surface area contributed by atoms with Crippen molar-refractivity contribution in [2.24, 2.45) is 10.9 Å². The molecule has 2 aromatic rings. The first kappa shape index (κ1) is 18.0. The number of para-hydroxylation sites is 1. The molecule has 8 heteroatoms. The van der Waals surface area contributed by atoms with Gasteiger partial charge in [-0.05, 0) is 31.2 Å². The Balaban J connectivity index is 1.87.